The summed E-state index contributed by atoms with van der Waals surface area (Å²) in [4.78, 5) is 0. The molecule has 0 amide bonds. The third-order valence-corrected chi connectivity index (χ3v) is 3.62. The van der Waals surface area contributed by atoms with Crippen LogP contribution < -0.4 is 0 Å². The van der Waals surface area contributed by atoms with E-state index < -0.39 is 0 Å². The molecular weight excluding hydrogens is 256 g/mol. The van der Waals surface area contributed by atoms with E-state index in [1.807, 2.05) is 47.3 Å². The van der Waals surface area contributed by atoms with Crippen LogP contribution in [0.3, 0.4) is 0 Å². The first kappa shape index (κ1) is 12.2. The van der Waals surface area contributed by atoms with Crippen LogP contribution in [0.2, 0.25) is 5.02 Å². The number of nitrogens with zero attached hydrogens (tertiary/aromatic N) is 2. The Balaban J connectivity index is 2.09. The molecule has 2 aromatic carbocycles. The van der Waals surface area contributed by atoms with Gasteiger partial charge in [0.1, 0.15) is 0 Å². The molecule has 0 aliphatic carbocycles. The van der Waals surface area contributed by atoms with Crippen molar-refractivity contribution in [3.8, 4) is 0 Å². The second kappa shape index (κ2) is 5.06. The van der Waals surface area contributed by atoms with Crippen LogP contribution in [0.5, 0.6) is 0 Å². The smallest absolute Gasteiger partial charge is 0.0938 e. The number of hydrogen-bond acceptors (Lipinski definition) is 1. The number of halogens is 1. The van der Waals surface area contributed by atoms with E-state index in [9.17, 15) is 0 Å². The van der Waals surface area contributed by atoms with E-state index in [0.717, 1.165) is 22.3 Å². The summed E-state index contributed by atoms with van der Waals surface area (Å²) >= 11 is 6.20. The molecule has 2 nitrogen and oxygen atoms in total. The highest BCUT2D eigenvalue weighted by Gasteiger charge is 2.14. The van der Waals surface area contributed by atoms with Crippen LogP contribution in [0.15, 0.2) is 54.7 Å². The minimum Gasteiger partial charge on any atom is -0.264 e. The minimum absolute atomic E-state index is 0.143. The van der Waals surface area contributed by atoms with Gasteiger partial charge in [0.2, 0.25) is 0 Å². The van der Waals surface area contributed by atoms with Crippen molar-refractivity contribution in [3.63, 3.8) is 0 Å². The predicted octanol–water partition coefficient (Wildman–Crippen LogP) is 4.50. The summed E-state index contributed by atoms with van der Waals surface area (Å²) < 4.78 is 1.96. The molecule has 0 N–H and O–H groups in total. The van der Waals surface area contributed by atoms with E-state index in [1.165, 1.54) is 5.56 Å². The summed E-state index contributed by atoms with van der Waals surface area (Å²) in [6.07, 6.45) is 2.75. The molecule has 1 unspecified atom stereocenters. The highest BCUT2D eigenvalue weighted by molar-refractivity contribution is 6.35. The van der Waals surface area contributed by atoms with Gasteiger partial charge in [0.15, 0.2) is 0 Å². The number of benzene rings is 2. The van der Waals surface area contributed by atoms with Crippen LogP contribution in [0, 0.1) is 6.92 Å². The number of hydrogen-bond donors (Lipinski definition) is 0. The monoisotopic (exact) mass is 269 g/mol. The summed E-state index contributed by atoms with van der Waals surface area (Å²) in [5, 5.41) is 6.33. The Morgan fingerprint density at radius 3 is 2.58 bits per heavy atom. The van der Waals surface area contributed by atoms with Crippen molar-refractivity contribution in [3.05, 3.63) is 72.2 Å². The van der Waals surface area contributed by atoms with Crippen molar-refractivity contribution in [2.75, 3.05) is 0 Å². The molecule has 0 bridgehead atoms. The van der Waals surface area contributed by atoms with E-state index in [4.69, 9.17) is 11.6 Å². The average Bonchev–Trinajstić information content (AvgIpc) is 2.86. The van der Waals surface area contributed by atoms with Crippen molar-refractivity contribution in [2.24, 2.45) is 0 Å². The van der Waals surface area contributed by atoms with Gasteiger partial charge in [-0.3, -0.25) is 4.68 Å². The molecule has 3 heteroatoms. The van der Waals surface area contributed by atoms with Crippen molar-refractivity contribution in [1.29, 1.82) is 0 Å². The lowest BCUT2D eigenvalue weighted by Gasteiger charge is -2.15. The van der Waals surface area contributed by atoms with Gasteiger partial charge in [-0.2, -0.15) is 5.10 Å². The largest absolute Gasteiger partial charge is 0.264 e. The summed E-state index contributed by atoms with van der Waals surface area (Å²) in [5.41, 5.74) is 2.13. The van der Waals surface area contributed by atoms with Crippen molar-refractivity contribution < 1.29 is 0 Å². The first-order chi connectivity index (χ1) is 9.29. The molecular formula is C16H14ClN2. The molecule has 1 heterocycles. The average molecular weight is 270 g/mol. The Morgan fingerprint density at radius 2 is 1.89 bits per heavy atom. The van der Waals surface area contributed by atoms with Gasteiger partial charge in [-0.15, -0.1) is 0 Å². The summed E-state index contributed by atoms with van der Waals surface area (Å²) in [6.45, 7) is 4.04. The molecule has 1 aromatic heterocycles. The topological polar surface area (TPSA) is 17.8 Å². The van der Waals surface area contributed by atoms with Gasteiger partial charge >= 0.3 is 0 Å². The van der Waals surface area contributed by atoms with E-state index in [2.05, 4.69) is 24.2 Å². The van der Waals surface area contributed by atoms with E-state index in [0.29, 0.717) is 0 Å². The fourth-order valence-electron chi connectivity index (χ4n) is 2.31. The fraction of sp³-hybridized carbons (Fsp3) is 0.125. The molecule has 0 saturated carbocycles. The van der Waals surface area contributed by atoms with Crippen LogP contribution in [0.25, 0.3) is 10.9 Å². The summed E-state index contributed by atoms with van der Waals surface area (Å²) in [5.74, 6) is 0. The lowest BCUT2D eigenvalue weighted by Crippen LogP contribution is -2.10. The van der Waals surface area contributed by atoms with Gasteiger partial charge < -0.3 is 0 Å². The van der Waals surface area contributed by atoms with E-state index in [1.54, 1.807) is 0 Å². The van der Waals surface area contributed by atoms with Crippen LogP contribution >= 0.6 is 11.6 Å². The lowest BCUT2D eigenvalue weighted by molar-refractivity contribution is 0.532. The molecule has 19 heavy (non-hydrogen) atoms. The zero-order valence-electron chi connectivity index (χ0n) is 10.5. The molecule has 0 fully saturated rings. The minimum atomic E-state index is 0.143. The fourth-order valence-corrected chi connectivity index (χ4v) is 2.53. The number of rotatable bonds is 3. The molecule has 3 rings (SSSR count). The van der Waals surface area contributed by atoms with Gasteiger partial charge in [0.05, 0.1) is 16.6 Å². The SMILES string of the molecule is [CH2]CC(c1ccccc1)n1cc2c(Cl)cccc2n1. The Kier molecular flexibility index (Phi) is 3.26. The first-order valence-corrected chi connectivity index (χ1v) is 6.65. The standard InChI is InChI=1S/C16H14ClN2/c1-2-16(12-7-4-3-5-8-12)19-11-13-14(17)9-6-10-15(13)18-19/h3-11,16H,1-2H2. The second-order valence-corrected chi connectivity index (χ2v) is 4.90. The van der Waals surface area contributed by atoms with Crippen LogP contribution in [0.4, 0.5) is 0 Å². The number of aromatic nitrogens is 2. The first-order valence-electron chi connectivity index (χ1n) is 6.27. The van der Waals surface area contributed by atoms with E-state index >= 15 is 0 Å². The van der Waals surface area contributed by atoms with Crippen LogP contribution in [-0.4, -0.2) is 9.78 Å². The highest BCUT2D eigenvalue weighted by Crippen LogP contribution is 2.27. The van der Waals surface area contributed by atoms with Crippen molar-refractivity contribution in [2.45, 2.75) is 12.5 Å². The molecule has 95 valence electrons. The molecule has 0 aliphatic heterocycles. The third kappa shape index (κ3) is 2.24. The molecule has 0 aliphatic rings. The Bertz CT molecular complexity index is 688. The molecule has 0 spiro atoms. The predicted molar refractivity (Wildman–Crippen MR) is 79.3 cm³/mol. The molecule has 1 radical (unpaired) electrons. The molecule has 0 saturated heterocycles. The zero-order valence-corrected chi connectivity index (χ0v) is 11.2. The zero-order chi connectivity index (χ0) is 13.2. The van der Waals surface area contributed by atoms with Gasteiger partial charge in [0.25, 0.3) is 0 Å². The van der Waals surface area contributed by atoms with Gasteiger partial charge in [-0.1, -0.05) is 54.9 Å². The van der Waals surface area contributed by atoms with Gasteiger partial charge in [-0.25, -0.2) is 0 Å². The van der Waals surface area contributed by atoms with Crippen molar-refractivity contribution >= 4 is 22.5 Å². The lowest BCUT2D eigenvalue weighted by atomic mass is 10.1. The van der Waals surface area contributed by atoms with E-state index in [-0.39, 0.29) is 6.04 Å². The Morgan fingerprint density at radius 1 is 1.11 bits per heavy atom. The Hall–Kier alpha value is -1.80. The molecule has 3 aromatic rings. The highest BCUT2D eigenvalue weighted by atomic mass is 35.5. The maximum atomic E-state index is 6.20. The van der Waals surface area contributed by atoms with Crippen molar-refractivity contribution in [1.82, 2.24) is 9.78 Å². The quantitative estimate of drug-likeness (QED) is 0.684. The number of fused-ring (bicyclic) bond motifs is 1. The Labute approximate surface area is 117 Å². The maximum Gasteiger partial charge on any atom is 0.0938 e. The summed E-state index contributed by atoms with van der Waals surface area (Å²) in [7, 11) is 0. The second-order valence-electron chi connectivity index (χ2n) is 4.50. The van der Waals surface area contributed by atoms with Gasteiger partial charge in [0, 0.05) is 11.6 Å². The van der Waals surface area contributed by atoms with Crippen LogP contribution in [0.1, 0.15) is 18.0 Å². The maximum absolute atomic E-state index is 6.20. The molecule has 1 atom stereocenters. The third-order valence-electron chi connectivity index (χ3n) is 3.29. The van der Waals surface area contributed by atoms with Crippen LogP contribution in [-0.2, 0) is 0 Å². The summed E-state index contributed by atoms with van der Waals surface area (Å²) in [6, 6.07) is 16.2. The van der Waals surface area contributed by atoms with Gasteiger partial charge in [-0.05, 0) is 24.1 Å². The normalized spacial score (nSPS) is 12.7.